The zero-order chi connectivity index (χ0) is 10.8. The van der Waals surface area contributed by atoms with Gasteiger partial charge < -0.3 is 0 Å². The second-order valence-electron chi connectivity index (χ2n) is 3.47. The number of pyridine rings is 1. The summed E-state index contributed by atoms with van der Waals surface area (Å²) in [4.78, 5) is 4.49. The summed E-state index contributed by atoms with van der Waals surface area (Å²) in [6.45, 7) is 4.00. The Morgan fingerprint density at radius 3 is 2.64 bits per heavy atom. The van der Waals surface area contributed by atoms with Gasteiger partial charge in [-0.2, -0.15) is 0 Å². The molecule has 1 atom stereocenters. The summed E-state index contributed by atoms with van der Waals surface area (Å²) in [5, 5.41) is 0. The van der Waals surface area contributed by atoms with Crippen LogP contribution in [0.25, 0.3) is 0 Å². The van der Waals surface area contributed by atoms with Gasteiger partial charge in [-0.05, 0) is 24.5 Å². The number of sulfone groups is 1. The SMILES string of the molecule is CCC(C)c1ncccc1S(C)(=O)=O. The summed E-state index contributed by atoms with van der Waals surface area (Å²) in [5.41, 5.74) is 0.678. The van der Waals surface area contributed by atoms with Gasteiger partial charge in [-0.3, -0.25) is 4.98 Å². The van der Waals surface area contributed by atoms with Crippen molar-refractivity contribution in [1.82, 2.24) is 4.98 Å². The molecule has 4 heteroatoms. The highest BCUT2D eigenvalue weighted by Crippen LogP contribution is 2.23. The lowest BCUT2D eigenvalue weighted by molar-refractivity contribution is 0.595. The quantitative estimate of drug-likeness (QED) is 0.771. The second kappa shape index (κ2) is 4.09. The van der Waals surface area contributed by atoms with Crippen molar-refractivity contribution in [2.24, 2.45) is 0 Å². The summed E-state index contributed by atoms with van der Waals surface area (Å²) in [7, 11) is -3.15. The van der Waals surface area contributed by atoms with Gasteiger partial charge in [-0.15, -0.1) is 0 Å². The van der Waals surface area contributed by atoms with E-state index < -0.39 is 9.84 Å². The maximum atomic E-state index is 11.4. The van der Waals surface area contributed by atoms with E-state index in [1.165, 1.54) is 6.26 Å². The molecule has 1 unspecified atom stereocenters. The van der Waals surface area contributed by atoms with E-state index in [4.69, 9.17) is 0 Å². The maximum absolute atomic E-state index is 11.4. The van der Waals surface area contributed by atoms with Gasteiger partial charge >= 0.3 is 0 Å². The van der Waals surface area contributed by atoms with Crippen molar-refractivity contribution in [1.29, 1.82) is 0 Å². The Labute approximate surface area is 85.1 Å². The van der Waals surface area contributed by atoms with E-state index in [2.05, 4.69) is 4.98 Å². The van der Waals surface area contributed by atoms with Crippen molar-refractivity contribution in [2.45, 2.75) is 31.1 Å². The number of rotatable bonds is 3. The van der Waals surface area contributed by atoms with Crippen molar-refractivity contribution in [3.63, 3.8) is 0 Å². The van der Waals surface area contributed by atoms with Crippen LogP contribution in [-0.4, -0.2) is 19.7 Å². The van der Waals surface area contributed by atoms with Gasteiger partial charge in [0.2, 0.25) is 0 Å². The third-order valence-electron chi connectivity index (χ3n) is 2.28. The molecular weight excluding hydrogens is 198 g/mol. The molecule has 0 spiro atoms. The topological polar surface area (TPSA) is 47.0 Å². The number of hydrogen-bond donors (Lipinski definition) is 0. The maximum Gasteiger partial charge on any atom is 0.177 e. The minimum Gasteiger partial charge on any atom is -0.260 e. The van der Waals surface area contributed by atoms with E-state index in [0.717, 1.165) is 6.42 Å². The van der Waals surface area contributed by atoms with Gasteiger partial charge in [-0.25, -0.2) is 8.42 Å². The first kappa shape index (κ1) is 11.2. The summed E-state index contributed by atoms with van der Waals surface area (Å²) in [5.74, 6) is 0.181. The molecule has 14 heavy (non-hydrogen) atoms. The Morgan fingerprint density at radius 2 is 2.14 bits per heavy atom. The molecule has 0 N–H and O–H groups in total. The van der Waals surface area contributed by atoms with Crippen LogP contribution in [0.2, 0.25) is 0 Å². The van der Waals surface area contributed by atoms with Crippen molar-refractivity contribution in [3.8, 4) is 0 Å². The molecule has 0 saturated heterocycles. The van der Waals surface area contributed by atoms with Crippen LogP contribution in [0.5, 0.6) is 0 Å². The lowest BCUT2D eigenvalue weighted by Crippen LogP contribution is -2.06. The van der Waals surface area contributed by atoms with Crippen LogP contribution in [0.4, 0.5) is 0 Å². The fourth-order valence-corrected chi connectivity index (χ4v) is 2.24. The fourth-order valence-electron chi connectivity index (χ4n) is 1.28. The highest BCUT2D eigenvalue weighted by Gasteiger charge is 2.17. The van der Waals surface area contributed by atoms with E-state index >= 15 is 0 Å². The Morgan fingerprint density at radius 1 is 1.50 bits per heavy atom. The van der Waals surface area contributed by atoms with Gasteiger partial charge in [0, 0.05) is 12.5 Å². The number of hydrogen-bond acceptors (Lipinski definition) is 3. The largest absolute Gasteiger partial charge is 0.260 e. The molecule has 0 bridgehead atoms. The summed E-state index contributed by atoms with van der Waals surface area (Å²) >= 11 is 0. The molecule has 0 saturated carbocycles. The molecule has 0 aliphatic heterocycles. The fraction of sp³-hybridized carbons (Fsp3) is 0.500. The smallest absolute Gasteiger partial charge is 0.177 e. The van der Waals surface area contributed by atoms with Gasteiger partial charge in [0.1, 0.15) is 0 Å². The molecule has 0 radical (unpaired) electrons. The highest BCUT2D eigenvalue weighted by atomic mass is 32.2. The molecule has 3 nitrogen and oxygen atoms in total. The molecule has 1 rings (SSSR count). The molecule has 1 heterocycles. The second-order valence-corrected chi connectivity index (χ2v) is 5.45. The van der Waals surface area contributed by atoms with Crippen LogP contribution in [0, 0.1) is 0 Å². The van der Waals surface area contributed by atoms with Gasteiger partial charge in [-0.1, -0.05) is 13.8 Å². The van der Waals surface area contributed by atoms with Gasteiger partial charge in [0.15, 0.2) is 9.84 Å². The summed E-state index contributed by atoms with van der Waals surface area (Å²) < 4.78 is 22.9. The third kappa shape index (κ3) is 2.32. The lowest BCUT2D eigenvalue weighted by atomic mass is 10.0. The molecule has 0 aliphatic rings. The van der Waals surface area contributed by atoms with Crippen LogP contribution in [0.1, 0.15) is 31.9 Å². The first-order valence-corrected chi connectivity index (χ1v) is 6.51. The van der Waals surface area contributed by atoms with E-state index in [1.807, 2.05) is 13.8 Å². The van der Waals surface area contributed by atoms with E-state index in [9.17, 15) is 8.42 Å². The molecule has 78 valence electrons. The van der Waals surface area contributed by atoms with Crippen LogP contribution in [0.3, 0.4) is 0 Å². The van der Waals surface area contributed by atoms with E-state index in [1.54, 1.807) is 18.3 Å². The normalized spacial score (nSPS) is 13.9. The number of aromatic nitrogens is 1. The Bertz CT molecular complexity index is 412. The molecule has 0 aromatic carbocycles. The number of nitrogens with zero attached hydrogens (tertiary/aromatic N) is 1. The van der Waals surface area contributed by atoms with Crippen LogP contribution >= 0.6 is 0 Å². The Kier molecular flexibility index (Phi) is 3.26. The molecular formula is C10H15NO2S. The monoisotopic (exact) mass is 213 g/mol. The Balaban J connectivity index is 3.30. The highest BCUT2D eigenvalue weighted by molar-refractivity contribution is 7.90. The third-order valence-corrected chi connectivity index (χ3v) is 3.42. The minimum absolute atomic E-state index is 0.181. The predicted molar refractivity (Wildman–Crippen MR) is 56.1 cm³/mol. The van der Waals surface area contributed by atoms with Crippen molar-refractivity contribution in [2.75, 3.05) is 6.26 Å². The van der Waals surface area contributed by atoms with Gasteiger partial charge in [0.25, 0.3) is 0 Å². The average Bonchev–Trinajstić information content (AvgIpc) is 2.15. The molecule has 1 aromatic heterocycles. The lowest BCUT2D eigenvalue weighted by Gasteiger charge is -2.11. The van der Waals surface area contributed by atoms with Crippen molar-refractivity contribution in [3.05, 3.63) is 24.0 Å². The first-order valence-electron chi connectivity index (χ1n) is 4.61. The minimum atomic E-state index is -3.15. The van der Waals surface area contributed by atoms with Crippen LogP contribution in [-0.2, 0) is 9.84 Å². The molecule has 0 aliphatic carbocycles. The zero-order valence-corrected chi connectivity index (χ0v) is 9.50. The Hall–Kier alpha value is -0.900. The molecule has 0 fully saturated rings. The summed E-state index contributed by atoms with van der Waals surface area (Å²) in [6, 6.07) is 3.27. The van der Waals surface area contributed by atoms with Crippen LogP contribution < -0.4 is 0 Å². The predicted octanol–water partition coefficient (Wildman–Crippen LogP) is 2.00. The van der Waals surface area contributed by atoms with Crippen LogP contribution in [0.15, 0.2) is 23.2 Å². The van der Waals surface area contributed by atoms with Crippen molar-refractivity contribution >= 4 is 9.84 Å². The standard InChI is InChI=1S/C10H15NO2S/c1-4-8(2)10-9(14(3,12)13)6-5-7-11-10/h5-8H,4H2,1-3H3. The van der Waals surface area contributed by atoms with E-state index in [0.29, 0.717) is 10.6 Å². The molecule has 0 amide bonds. The average molecular weight is 213 g/mol. The summed E-state index contributed by atoms with van der Waals surface area (Å²) in [6.07, 6.45) is 3.74. The van der Waals surface area contributed by atoms with E-state index in [-0.39, 0.29) is 5.92 Å². The van der Waals surface area contributed by atoms with Crippen molar-refractivity contribution < 1.29 is 8.42 Å². The molecule has 1 aromatic rings. The van der Waals surface area contributed by atoms with Gasteiger partial charge in [0.05, 0.1) is 10.6 Å². The first-order chi connectivity index (χ1) is 6.46. The zero-order valence-electron chi connectivity index (χ0n) is 8.69.